The van der Waals surface area contributed by atoms with Crippen molar-refractivity contribution in [3.63, 3.8) is 0 Å². The van der Waals surface area contributed by atoms with Gasteiger partial charge in [0.25, 0.3) is 0 Å². The molecule has 238 valence electrons. The zero-order valence-corrected chi connectivity index (χ0v) is 28.2. The highest BCUT2D eigenvalue weighted by Gasteiger charge is 2.67. The third-order valence-electron chi connectivity index (χ3n) is 11.8. The van der Waals surface area contributed by atoms with Gasteiger partial charge in [-0.05, 0) is 91.8 Å². The number of ether oxygens (including phenoxy) is 3. The van der Waals surface area contributed by atoms with Gasteiger partial charge in [0.05, 0.1) is 17.3 Å². The first-order chi connectivity index (χ1) is 20.0. The molecule has 0 bridgehead atoms. The Labute approximate surface area is 257 Å². The molecular formula is C34H50FNO6Si. The molecule has 0 radical (unpaired) electrons. The van der Waals surface area contributed by atoms with Crippen LogP contribution in [0.4, 0.5) is 10.1 Å². The summed E-state index contributed by atoms with van der Waals surface area (Å²) in [5, 5.41) is 3.53. The van der Waals surface area contributed by atoms with Crippen LogP contribution in [0.15, 0.2) is 35.9 Å². The van der Waals surface area contributed by atoms with Crippen molar-refractivity contribution >= 4 is 25.9 Å². The Morgan fingerprint density at radius 3 is 2.53 bits per heavy atom. The Morgan fingerprint density at radius 1 is 1.16 bits per heavy atom. The van der Waals surface area contributed by atoms with Crippen molar-refractivity contribution in [2.45, 2.75) is 110 Å². The van der Waals surface area contributed by atoms with Gasteiger partial charge in [0.1, 0.15) is 18.5 Å². The fourth-order valence-corrected chi connectivity index (χ4v) is 9.51. The maximum atomic E-state index is 14.1. The summed E-state index contributed by atoms with van der Waals surface area (Å²) in [6.07, 6.45) is 5.20. The molecule has 1 aromatic rings. The first-order valence-corrected chi connectivity index (χ1v) is 18.8. The van der Waals surface area contributed by atoms with Gasteiger partial charge in [0, 0.05) is 31.2 Å². The largest absolute Gasteiger partial charge is 0.462 e. The molecule has 2 saturated carbocycles. The van der Waals surface area contributed by atoms with E-state index >= 15 is 0 Å². The number of esters is 2. The monoisotopic (exact) mass is 615 g/mol. The number of rotatable bonds is 8. The van der Waals surface area contributed by atoms with Crippen molar-refractivity contribution in [2.24, 2.45) is 22.7 Å². The van der Waals surface area contributed by atoms with Gasteiger partial charge in [-0.1, -0.05) is 40.7 Å². The van der Waals surface area contributed by atoms with Crippen LogP contribution in [0.5, 0.6) is 0 Å². The third-order valence-corrected chi connectivity index (χ3v) is 16.2. The molecule has 0 amide bonds. The first kappa shape index (κ1) is 32.2. The van der Waals surface area contributed by atoms with E-state index in [9.17, 15) is 14.0 Å². The van der Waals surface area contributed by atoms with E-state index in [1.807, 2.05) is 12.1 Å². The van der Waals surface area contributed by atoms with E-state index in [0.717, 1.165) is 25.7 Å². The number of carbonyl (C=O) groups excluding carboxylic acids is 2. The standard InChI is InChI=1S/C34H50FNO6Si/c1-22(37)41-29-13-15-32(5)27(33(29,6)21-40-43(7,8)31(2,3)4)12-16-34(20-36-24-11-9-10-23(35)18-24)28(32)19-26(42-34)25-14-17-39-30(25)38/h9-11,14,18,26-29,36H,12-13,15-17,19-21H2,1-8H3/t26-,27-,28-,29+,32+,33-,34+/m0/s1. The molecular weight excluding hydrogens is 565 g/mol. The van der Waals surface area contributed by atoms with Crippen LogP contribution in [-0.4, -0.2) is 57.8 Å². The van der Waals surface area contributed by atoms with E-state index < -0.39 is 13.9 Å². The Balaban J connectivity index is 1.50. The van der Waals surface area contributed by atoms with Gasteiger partial charge in [-0.3, -0.25) is 4.79 Å². The van der Waals surface area contributed by atoms with Crippen molar-refractivity contribution in [3.05, 3.63) is 41.7 Å². The zero-order chi connectivity index (χ0) is 31.4. The van der Waals surface area contributed by atoms with Crippen LogP contribution in [0.1, 0.15) is 73.6 Å². The molecule has 5 rings (SSSR count). The number of nitrogens with one attached hydrogen (secondary N) is 1. The Kier molecular flexibility index (Phi) is 8.44. The minimum absolute atomic E-state index is 0.0543. The molecule has 0 unspecified atom stereocenters. The molecule has 2 heterocycles. The summed E-state index contributed by atoms with van der Waals surface area (Å²) in [4.78, 5) is 25.0. The molecule has 1 aromatic carbocycles. The number of hydrogen-bond acceptors (Lipinski definition) is 7. The molecule has 3 fully saturated rings. The smallest absolute Gasteiger partial charge is 0.336 e. The lowest BCUT2D eigenvalue weighted by atomic mass is 9.44. The predicted molar refractivity (Wildman–Crippen MR) is 167 cm³/mol. The summed E-state index contributed by atoms with van der Waals surface area (Å²) in [5.41, 5.74) is 0.207. The number of benzene rings is 1. The molecule has 1 saturated heterocycles. The summed E-state index contributed by atoms with van der Waals surface area (Å²) in [6.45, 7) is 18.7. The summed E-state index contributed by atoms with van der Waals surface area (Å²) < 4.78 is 39.3. The van der Waals surface area contributed by atoms with Crippen LogP contribution in [0.2, 0.25) is 18.1 Å². The minimum atomic E-state index is -2.08. The Bertz CT molecular complexity index is 1280. The quantitative estimate of drug-likeness (QED) is 0.248. The molecule has 7 atom stereocenters. The van der Waals surface area contributed by atoms with Crippen molar-refractivity contribution < 1.29 is 32.6 Å². The normalized spacial score (nSPS) is 35.9. The number of carbonyl (C=O) groups is 2. The van der Waals surface area contributed by atoms with Crippen LogP contribution in [0.3, 0.4) is 0 Å². The number of hydrogen-bond donors (Lipinski definition) is 1. The molecule has 0 spiro atoms. The Hall–Kier alpha value is -2.23. The SMILES string of the molecule is CC(=O)O[C@@H]1CC[C@]2(C)[C@H](CC[C@]3(CNc4cccc(F)c4)O[C@H](C4=CCOC4=O)C[C@H]32)[C@]1(C)CO[Si](C)(C)C(C)(C)C. The van der Waals surface area contributed by atoms with E-state index in [0.29, 0.717) is 30.8 Å². The van der Waals surface area contributed by atoms with Gasteiger partial charge in [0.15, 0.2) is 8.32 Å². The number of fused-ring (bicyclic) bond motifs is 3. The molecule has 1 N–H and O–H groups in total. The first-order valence-electron chi connectivity index (χ1n) is 15.9. The highest BCUT2D eigenvalue weighted by Crippen LogP contribution is 2.67. The average Bonchev–Trinajstić information content (AvgIpc) is 3.52. The maximum Gasteiger partial charge on any atom is 0.336 e. The topological polar surface area (TPSA) is 83.1 Å². The van der Waals surface area contributed by atoms with Crippen LogP contribution in [0.25, 0.3) is 0 Å². The lowest BCUT2D eigenvalue weighted by molar-refractivity contribution is -0.209. The van der Waals surface area contributed by atoms with E-state index in [2.05, 4.69) is 53.0 Å². The fraction of sp³-hybridized carbons (Fsp3) is 0.706. The molecule has 7 nitrogen and oxygen atoms in total. The molecule has 4 aliphatic rings. The molecule has 9 heteroatoms. The average molecular weight is 616 g/mol. The van der Waals surface area contributed by atoms with Crippen molar-refractivity contribution in [2.75, 3.05) is 25.1 Å². The summed E-state index contributed by atoms with van der Waals surface area (Å²) in [7, 11) is -2.08. The van der Waals surface area contributed by atoms with E-state index in [1.54, 1.807) is 6.07 Å². The van der Waals surface area contributed by atoms with Gasteiger partial charge in [-0.25, -0.2) is 9.18 Å². The molecule has 43 heavy (non-hydrogen) atoms. The minimum Gasteiger partial charge on any atom is -0.462 e. The number of halogens is 1. The van der Waals surface area contributed by atoms with Gasteiger partial charge in [-0.15, -0.1) is 0 Å². The summed E-state index contributed by atoms with van der Waals surface area (Å²) in [5.74, 6) is -0.524. The molecule has 2 aliphatic carbocycles. The third kappa shape index (κ3) is 5.81. The van der Waals surface area contributed by atoms with Gasteiger partial charge < -0.3 is 24.0 Å². The predicted octanol–water partition coefficient (Wildman–Crippen LogP) is 7.03. The van der Waals surface area contributed by atoms with Gasteiger partial charge in [0.2, 0.25) is 0 Å². The Morgan fingerprint density at radius 2 is 1.91 bits per heavy atom. The summed E-state index contributed by atoms with van der Waals surface area (Å²) >= 11 is 0. The number of cyclic esters (lactones) is 1. The second kappa shape index (κ2) is 11.3. The lowest BCUT2D eigenvalue weighted by Gasteiger charge is -2.63. The highest BCUT2D eigenvalue weighted by atomic mass is 28.4. The summed E-state index contributed by atoms with van der Waals surface area (Å²) in [6, 6.07) is 6.51. The lowest BCUT2D eigenvalue weighted by Crippen LogP contribution is -2.64. The maximum absolute atomic E-state index is 14.1. The van der Waals surface area contributed by atoms with Crippen molar-refractivity contribution in [1.82, 2.24) is 0 Å². The van der Waals surface area contributed by atoms with Crippen molar-refractivity contribution in [1.29, 1.82) is 0 Å². The van der Waals surface area contributed by atoms with Crippen LogP contribution < -0.4 is 5.32 Å². The van der Waals surface area contributed by atoms with Crippen LogP contribution in [-0.2, 0) is 28.2 Å². The second-order valence-electron chi connectivity index (χ2n) is 15.4. The molecule has 0 aromatic heterocycles. The van der Waals surface area contributed by atoms with Crippen LogP contribution >= 0.6 is 0 Å². The zero-order valence-electron chi connectivity index (χ0n) is 27.2. The molecule has 2 aliphatic heterocycles. The van der Waals surface area contributed by atoms with Crippen LogP contribution in [0, 0.1) is 28.5 Å². The van der Waals surface area contributed by atoms with Crippen molar-refractivity contribution in [3.8, 4) is 0 Å². The number of anilines is 1. The fourth-order valence-electron chi connectivity index (χ4n) is 8.41. The van der Waals surface area contributed by atoms with E-state index in [4.69, 9.17) is 18.6 Å². The highest BCUT2D eigenvalue weighted by molar-refractivity contribution is 6.74. The van der Waals surface area contributed by atoms with Gasteiger partial charge >= 0.3 is 11.9 Å². The van der Waals surface area contributed by atoms with E-state index in [1.165, 1.54) is 19.1 Å². The van der Waals surface area contributed by atoms with Gasteiger partial charge in [-0.2, -0.15) is 0 Å². The second-order valence-corrected chi connectivity index (χ2v) is 20.2. The van der Waals surface area contributed by atoms with E-state index in [-0.39, 0.29) is 64.3 Å².